The number of ketones is 1. The maximum absolute atomic E-state index is 11.8. The Morgan fingerprint density at radius 3 is 2.47 bits per heavy atom. The summed E-state index contributed by atoms with van der Waals surface area (Å²) < 4.78 is 7.21. The summed E-state index contributed by atoms with van der Waals surface area (Å²) in [6.45, 7) is 9.65. The van der Waals surface area contributed by atoms with Crippen LogP contribution in [0.3, 0.4) is 0 Å². The monoisotopic (exact) mass is 235 g/mol. The van der Waals surface area contributed by atoms with Gasteiger partial charge in [-0.1, -0.05) is 0 Å². The van der Waals surface area contributed by atoms with Gasteiger partial charge in [0.2, 0.25) is 0 Å². The van der Waals surface area contributed by atoms with Gasteiger partial charge in [0, 0.05) is 19.0 Å². The molecule has 0 saturated heterocycles. The SMILES string of the molecule is CCn1c(C(C)=O)c(C)c2c1C(C)(C)C(=O)O2. The molecule has 1 aromatic rings. The summed E-state index contributed by atoms with van der Waals surface area (Å²) in [5.74, 6) is 0.334. The lowest BCUT2D eigenvalue weighted by molar-refractivity contribution is -0.137. The van der Waals surface area contributed by atoms with E-state index >= 15 is 0 Å². The van der Waals surface area contributed by atoms with Crippen LogP contribution in [0.1, 0.15) is 49.4 Å². The number of nitrogens with zero attached hydrogens (tertiary/aromatic N) is 1. The summed E-state index contributed by atoms with van der Waals surface area (Å²) in [7, 11) is 0. The van der Waals surface area contributed by atoms with Gasteiger partial charge in [-0.05, 0) is 27.7 Å². The minimum absolute atomic E-state index is 0.00518. The van der Waals surface area contributed by atoms with Crippen LogP contribution in [0.25, 0.3) is 0 Å². The van der Waals surface area contributed by atoms with Gasteiger partial charge in [0.25, 0.3) is 0 Å². The van der Waals surface area contributed by atoms with E-state index in [1.807, 2.05) is 32.3 Å². The van der Waals surface area contributed by atoms with Crippen molar-refractivity contribution >= 4 is 11.8 Å². The first kappa shape index (κ1) is 11.9. The molecule has 2 rings (SSSR count). The first-order valence-corrected chi connectivity index (χ1v) is 5.79. The van der Waals surface area contributed by atoms with Gasteiger partial charge in [0.15, 0.2) is 11.5 Å². The van der Waals surface area contributed by atoms with Crippen molar-refractivity contribution in [3.63, 3.8) is 0 Å². The lowest BCUT2D eigenvalue weighted by Gasteiger charge is -2.18. The Balaban J connectivity index is 2.79. The first-order valence-electron chi connectivity index (χ1n) is 5.79. The van der Waals surface area contributed by atoms with Gasteiger partial charge in [-0.3, -0.25) is 9.59 Å². The number of aromatic nitrogens is 1. The second-order valence-electron chi connectivity index (χ2n) is 4.97. The maximum atomic E-state index is 11.8. The number of Topliss-reactive ketones (excluding diaryl/α,β-unsaturated/α-hetero) is 1. The quantitative estimate of drug-likeness (QED) is 0.583. The standard InChI is InChI=1S/C13H17NO3/c1-6-14-9(8(3)15)7(2)10-11(14)13(4,5)12(16)17-10/h6H2,1-5H3. The molecule has 92 valence electrons. The van der Waals surface area contributed by atoms with Gasteiger partial charge >= 0.3 is 5.97 Å². The fraction of sp³-hybridized carbons (Fsp3) is 0.538. The summed E-state index contributed by atoms with van der Waals surface area (Å²) in [6.07, 6.45) is 0. The van der Waals surface area contributed by atoms with Crippen molar-refractivity contribution in [1.29, 1.82) is 0 Å². The highest BCUT2D eigenvalue weighted by atomic mass is 16.5. The van der Waals surface area contributed by atoms with E-state index in [4.69, 9.17) is 4.74 Å². The van der Waals surface area contributed by atoms with Crippen molar-refractivity contribution in [3.05, 3.63) is 17.0 Å². The fourth-order valence-corrected chi connectivity index (χ4v) is 2.56. The number of hydrogen-bond donors (Lipinski definition) is 0. The molecule has 4 nitrogen and oxygen atoms in total. The predicted octanol–water partition coefficient (Wildman–Crippen LogP) is 2.22. The van der Waals surface area contributed by atoms with Crippen LogP contribution in [0.5, 0.6) is 5.75 Å². The molecule has 0 spiro atoms. The number of esters is 1. The Bertz CT molecular complexity index is 523. The van der Waals surface area contributed by atoms with E-state index in [0.29, 0.717) is 18.0 Å². The van der Waals surface area contributed by atoms with E-state index in [1.54, 1.807) is 6.92 Å². The molecule has 1 aromatic heterocycles. The van der Waals surface area contributed by atoms with Gasteiger partial charge in [-0.25, -0.2) is 0 Å². The second-order valence-corrected chi connectivity index (χ2v) is 4.97. The molecule has 2 heterocycles. The Morgan fingerprint density at radius 2 is 2.00 bits per heavy atom. The zero-order valence-corrected chi connectivity index (χ0v) is 10.9. The highest BCUT2D eigenvalue weighted by molar-refractivity contribution is 5.98. The predicted molar refractivity (Wildman–Crippen MR) is 63.5 cm³/mol. The van der Waals surface area contributed by atoms with E-state index in [1.165, 1.54) is 0 Å². The van der Waals surface area contributed by atoms with Crippen molar-refractivity contribution in [2.75, 3.05) is 0 Å². The first-order chi connectivity index (χ1) is 7.82. The lowest BCUT2D eigenvalue weighted by atomic mass is 9.91. The van der Waals surface area contributed by atoms with Crippen LogP contribution in [0.4, 0.5) is 0 Å². The van der Waals surface area contributed by atoms with E-state index < -0.39 is 5.41 Å². The normalized spacial score (nSPS) is 16.9. The second kappa shape index (κ2) is 3.45. The molecule has 0 aromatic carbocycles. The van der Waals surface area contributed by atoms with Gasteiger partial charge in [0.05, 0.1) is 11.4 Å². The van der Waals surface area contributed by atoms with Crippen molar-refractivity contribution < 1.29 is 14.3 Å². The molecule has 1 aliphatic heterocycles. The number of carbonyl (C=O) groups excluding carboxylic acids is 2. The Morgan fingerprint density at radius 1 is 1.41 bits per heavy atom. The van der Waals surface area contributed by atoms with Crippen LogP contribution >= 0.6 is 0 Å². The van der Waals surface area contributed by atoms with Crippen LogP contribution in [-0.2, 0) is 16.8 Å². The molecule has 0 radical (unpaired) electrons. The zero-order chi connectivity index (χ0) is 13.0. The molecule has 4 heteroatoms. The topological polar surface area (TPSA) is 48.3 Å². The third kappa shape index (κ3) is 1.36. The molecule has 0 saturated carbocycles. The highest BCUT2D eigenvalue weighted by Crippen LogP contribution is 2.44. The molecule has 0 bridgehead atoms. The molecule has 0 N–H and O–H groups in total. The summed E-state index contributed by atoms with van der Waals surface area (Å²) in [6, 6.07) is 0. The van der Waals surface area contributed by atoms with E-state index in [-0.39, 0.29) is 11.8 Å². The minimum Gasteiger partial charge on any atom is -0.424 e. The third-order valence-electron chi connectivity index (χ3n) is 3.40. The Hall–Kier alpha value is -1.58. The Labute approximate surface area is 101 Å². The largest absolute Gasteiger partial charge is 0.424 e. The molecule has 0 atom stereocenters. The third-order valence-corrected chi connectivity index (χ3v) is 3.40. The lowest BCUT2D eigenvalue weighted by Crippen LogP contribution is -2.29. The molecule has 0 fully saturated rings. The van der Waals surface area contributed by atoms with E-state index in [2.05, 4.69) is 0 Å². The van der Waals surface area contributed by atoms with Crippen molar-refractivity contribution in [2.45, 2.75) is 46.6 Å². The average Bonchev–Trinajstić information content (AvgIpc) is 2.63. The number of hydrogen-bond acceptors (Lipinski definition) is 3. The van der Waals surface area contributed by atoms with Gasteiger partial charge in [0.1, 0.15) is 5.41 Å². The minimum atomic E-state index is -0.677. The zero-order valence-electron chi connectivity index (χ0n) is 10.9. The summed E-state index contributed by atoms with van der Waals surface area (Å²) in [4.78, 5) is 23.5. The van der Waals surface area contributed by atoms with Crippen LogP contribution in [0.15, 0.2) is 0 Å². The maximum Gasteiger partial charge on any atom is 0.323 e. The summed E-state index contributed by atoms with van der Waals surface area (Å²) in [5.41, 5.74) is 1.57. The van der Waals surface area contributed by atoms with Crippen molar-refractivity contribution in [1.82, 2.24) is 4.57 Å². The van der Waals surface area contributed by atoms with Gasteiger partial charge in [-0.15, -0.1) is 0 Å². The van der Waals surface area contributed by atoms with Gasteiger partial charge < -0.3 is 9.30 Å². The molecule has 0 unspecified atom stereocenters. The van der Waals surface area contributed by atoms with Crippen LogP contribution in [-0.4, -0.2) is 16.3 Å². The molecule has 0 aliphatic carbocycles. The molecule has 0 amide bonds. The smallest absolute Gasteiger partial charge is 0.323 e. The molecular formula is C13H17NO3. The van der Waals surface area contributed by atoms with Crippen molar-refractivity contribution in [3.8, 4) is 5.75 Å². The van der Waals surface area contributed by atoms with Crippen molar-refractivity contribution in [2.24, 2.45) is 0 Å². The summed E-state index contributed by atoms with van der Waals surface area (Å²) in [5, 5.41) is 0. The van der Waals surface area contributed by atoms with E-state index in [9.17, 15) is 9.59 Å². The fourth-order valence-electron chi connectivity index (χ4n) is 2.56. The number of carbonyl (C=O) groups is 2. The van der Waals surface area contributed by atoms with Crippen LogP contribution < -0.4 is 4.74 Å². The highest BCUT2D eigenvalue weighted by Gasteiger charge is 2.46. The molecule has 17 heavy (non-hydrogen) atoms. The van der Waals surface area contributed by atoms with Crippen LogP contribution in [0.2, 0.25) is 0 Å². The molecular weight excluding hydrogens is 218 g/mol. The Kier molecular flexibility index (Phi) is 2.42. The molecule has 1 aliphatic rings. The average molecular weight is 235 g/mol. The number of fused-ring (bicyclic) bond motifs is 1. The summed E-state index contributed by atoms with van der Waals surface area (Å²) >= 11 is 0. The van der Waals surface area contributed by atoms with Gasteiger partial charge in [-0.2, -0.15) is 0 Å². The van der Waals surface area contributed by atoms with Crippen LogP contribution in [0, 0.1) is 6.92 Å². The number of ether oxygens (including phenoxy) is 1. The number of rotatable bonds is 2. The van der Waals surface area contributed by atoms with E-state index in [0.717, 1.165) is 11.3 Å².